The predicted octanol–water partition coefficient (Wildman–Crippen LogP) is 1.54. The minimum absolute atomic E-state index is 0.127. The number of hydrogen-bond acceptors (Lipinski definition) is 6. The smallest absolute Gasteiger partial charge is 0.336 e. The second kappa shape index (κ2) is 4.59. The summed E-state index contributed by atoms with van der Waals surface area (Å²) in [7, 11) is 0. The number of azo groups is 1. The Bertz CT molecular complexity index is 369. The number of nitrogens with zero attached hydrogens (tertiary/aromatic N) is 2. The molecule has 0 spiro atoms. The van der Waals surface area contributed by atoms with E-state index in [9.17, 15) is 4.79 Å². The van der Waals surface area contributed by atoms with Crippen molar-refractivity contribution in [2.75, 3.05) is 19.8 Å². The van der Waals surface area contributed by atoms with Gasteiger partial charge < -0.3 is 14.2 Å². The topological polar surface area (TPSA) is 69.5 Å². The third kappa shape index (κ3) is 2.27. The van der Waals surface area contributed by atoms with Gasteiger partial charge in [-0.15, -0.1) is 0 Å². The summed E-state index contributed by atoms with van der Waals surface area (Å²) < 4.78 is 16.4. The van der Waals surface area contributed by atoms with Crippen LogP contribution in [0.1, 0.15) is 27.7 Å². The zero-order chi connectivity index (χ0) is 13.4. The largest absolute Gasteiger partial charge is 0.464 e. The van der Waals surface area contributed by atoms with Crippen LogP contribution in [0.25, 0.3) is 0 Å². The van der Waals surface area contributed by atoms with E-state index in [2.05, 4.69) is 10.2 Å². The van der Waals surface area contributed by atoms with Gasteiger partial charge in [-0.05, 0) is 27.7 Å². The van der Waals surface area contributed by atoms with Crippen LogP contribution >= 0.6 is 0 Å². The van der Waals surface area contributed by atoms with E-state index in [1.54, 1.807) is 13.8 Å². The molecular weight excluding hydrogens is 236 g/mol. The van der Waals surface area contributed by atoms with Crippen molar-refractivity contribution in [3.8, 4) is 0 Å². The zero-order valence-electron chi connectivity index (χ0n) is 11.3. The fourth-order valence-corrected chi connectivity index (χ4v) is 2.39. The van der Waals surface area contributed by atoms with Crippen molar-refractivity contribution >= 4 is 5.97 Å². The van der Waals surface area contributed by atoms with Crippen molar-refractivity contribution in [1.29, 1.82) is 0 Å². The molecule has 0 N–H and O–H groups in total. The molecular formula is C12H20N2O4. The summed E-state index contributed by atoms with van der Waals surface area (Å²) >= 11 is 0. The molecule has 0 aromatic heterocycles. The minimum atomic E-state index is -0.954. The third-order valence-electron chi connectivity index (χ3n) is 3.45. The van der Waals surface area contributed by atoms with E-state index >= 15 is 0 Å². The average molecular weight is 256 g/mol. The lowest BCUT2D eigenvalue weighted by Crippen LogP contribution is -2.47. The molecule has 6 heteroatoms. The quantitative estimate of drug-likeness (QED) is 0.718. The molecule has 0 unspecified atom stereocenters. The molecule has 2 heterocycles. The molecule has 2 aliphatic rings. The molecule has 1 saturated heterocycles. The Morgan fingerprint density at radius 1 is 1.44 bits per heavy atom. The summed E-state index contributed by atoms with van der Waals surface area (Å²) in [5.41, 5.74) is -0.954. The van der Waals surface area contributed by atoms with Crippen molar-refractivity contribution in [2.24, 2.45) is 16.1 Å². The average Bonchev–Trinajstić information content (AvgIpc) is 2.83. The lowest BCUT2D eigenvalue weighted by molar-refractivity contribution is -0.159. The van der Waals surface area contributed by atoms with Crippen LogP contribution in [0.15, 0.2) is 10.2 Å². The predicted molar refractivity (Wildman–Crippen MR) is 63.2 cm³/mol. The van der Waals surface area contributed by atoms with Gasteiger partial charge in [0, 0.05) is 5.92 Å². The molecule has 0 saturated carbocycles. The molecule has 0 aromatic carbocycles. The summed E-state index contributed by atoms with van der Waals surface area (Å²) in [5, 5.41) is 8.08. The van der Waals surface area contributed by atoms with Crippen LogP contribution in [0.4, 0.5) is 0 Å². The van der Waals surface area contributed by atoms with E-state index in [1.165, 1.54) is 0 Å². The SMILES string of the molecule is CCOC(=O)[C@]1(C)N=NC[C@H]1[C@H]1COC(C)(C)O1. The summed E-state index contributed by atoms with van der Waals surface area (Å²) in [4.78, 5) is 12.0. The Morgan fingerprint density at radius 2 is 2.17 bits per heavy atom. The van der Waals surface area contributed by atoms with Gasteiger partial charge in [-0.1, -0.05) is 0 Å². The van der Waals surface area contributed by atoms with Crippen LogP contribution in [0.2, 0.25) is 0 Å². The molecule has 2 aliphatic heterocycles. The van der Waals surface area contributed by atoms with Crippen molar-refractivity contribution in [3.05, 3.63) is 0 Å². The highest BCUT2D eigenvalue weighted by Crippen LogP contribution is 2.38. The van der Waals surface area contributed by atoms with E-state index in [1.807, 2.05) is 13.8 Å². The second-order valence-electron chi connectivity index (χ2n) is 5.27. The highest BCUT2D eigenvalue weighted by molar-refractivity contribution is 5.81. The summed E-state index contributed by atoms with van der Waals surface area (Å²) in [6.45, 7) is 8.51. The van der Waals surface area contributed by atoms with Gasteiger partial charge in [0.25, 0.3) is 0 Å². The molecule has 0 bridgehead atoms. The second-order valence-corrected chi connectivity index (χ2v) is 5.27. The number of esters is 1. The maximum atomic E-state index is 12.0. The molecule has 0 aromatic rings. The van der Waals surface area contributed by atoms with Gasteiger partial charge >= 0.3 is 5.97 Å². The molecule has 1 fully saturated rings. The molecule has 2 rings (SSSR count). The fourth-order valence-electron chi connectivity index (χ4n) is 2.39. The molecule has 0 aliphatic carbocycles. The highest BCUT2D eigenvalue weighted by Gasteiger charge is 2.53. The Hall–Kier alpha value is -1.01. The van der Waals surface area contributed by atoms with Crippen LogP contribution < -0.4 is 0 Å². The van der Waals surface area contributed by atoms with Crippen molar-refractivity contribution in [3.63, 3.8) is 0 Å². The van der Waals surface area contributed by atoms with Gasteiger partial charge in [-0.25, -0.2) is 4.79 Å². The van der Waals surface area contributed by atoms with Crippen LogP contribution in [0.3, 0.4) is 0 Å². The molecule has 3 atom stereocenters. The first-order valence-electron chi connectivity index (χ1n) is 6.26. The Labute approximate surface area is 107 Å². The Kier molecular flexibility index (Phi) is 3.42. The fraction of sp³-hybridized carbons (Fsp3) is 0.917. The number of hydrogen-bond donors (Lipinski definition) is 0. The number of ether oxygens (including phenoxy) is 3. The Balaban J connectivity index is 2.12. The summed E-state index contributed by atoms with van der Waals surface area (Å²) in [6.07, 6.45) is -0.176. The van der Waals surface area contributed by atoms with E-state index in [0.717, 1.165) is 0 Å². The molecule has 102 valence electrons. The maximum Gasteiger partial charge on any atom is 0.336 e. The van der Waals surface area contributed by atoms with Gasteiger partial charge in [0.2, 0.25) is 0 Å². The van der Waals surface area contributed by atoms with Crippen LogP contribution in [0.5, 0.6) is 0 Å². The molecule has 6 nitrogen and oxygen atoms in total. The van der Waals surface area contributed by atoms with Gasteiger partial charge in [-0.3, -0.25) is 0 Å². The summed E-state index contributed by atoms with van der Waals surface area (Å²) in [5.74, 6) is -1.08. The minimum Gasteiger partial charge on any atom is -0.464 e. The van der Waals surface area contributed by atoms with Crippen LogP contribution in [-0.2, 0) is 19.0 Å². The Morgan fingerprint density at radius 3 is 2.72 bits per heavy atom. The van der Waals surface area contributed by atoms with Gasteiger partial charge in [0.05, 0.1) is 25.9 Å². The van der Waals surface area contributed by atoms with Crippen LogP contribution in [0, 0.1) is 5.92 Å². The molecule has 18 heavy (non-hydrogen) atoms. The summed E-state index contributed by atoms with van der Waals surface area (Å²) in [6, 6.07) is 0. The van der Waals surface area contributed by atoms with Gasteiger partial charge in [0.1, 0.15) is 0 Å². The lowest BCUT2D eigenvalue weighted by atomic mass is 9.83. The number of carbonyl (C=O) groups is 1. The number of carbonyl (C=O) groups excluding carboxylic acids is 1. The first-order chi connectivity index (χ1) is 8.39. The molecule has 0 amide bonds. The normalized spacial score (nSPS) is 38.0. The zero-order valence-corrected chi connectivity index (χ0v) is 11.3. The van der Waals surface area contributed by atoms with E-state index in [0.29, 0.717) is 19.8 Å². The van der Waals surface area contributed by atoms with E-state index in [-0.39, 0.29) is 18.0 Å². The van der Waals surface area contributed by atoms with Gasteiger partial charge in [0.15, 0.2) is 11.3 Å². The molecule has 0 radical (unpaired) electrons. The highest BCUT2D eigenvalue weighted by atomic mass is 16.7. The standard InChI is InChI=1S/C12H20N2O4/c1-5-16-10(15)12(4)8(6-13-14-12)9-7-17-11(2,3)18-9/h8-9H,5-7H2,1-4H3/t8-,9+,12+/m0/s1. The lowest BCUT2D eigenvalue weighted by Gasteiger charge is -2.29. The maximum absolute atomic E-state index is 12.0. The number of rotatable bonds is 3. The first-order valence-corrected chi connectivity index (χ1v) is 6.26. The van der Waals surface area contributed by atoms with Crippen molar-refractivity contribution in [1.82, 2.24) is 0 Å². The third-order valence-corrected chi connectivity index (χ3v) is 3.45. The monoisotopic (exact) mass is 256 g/mol. The van der Waals surface area contributed by atoms with Crippen LogP contribution in [-0.4, -0.2) is 43.2 Å². The van der Waals surface area contributed by atoms with E-state index in [4.69, 9.17) is 14.2 Å². The van der Waals surface area contributed by atoms with Crippen molar-refractivity contribution in [2.45, 2.75) is 45.1 Å². The van der Waals surface area contributed by atoms with Gasteiger partial charge in [-0.2, -0.15) is 10.2 Å². The van der Waals surface area contributed by atoms with E-state index < -0.39 is 11.3 Å². The van der Waals surface area contributed by atoms with Crippen molar-refractivity contribution < 1.29 is 19.0 Å². The first kappa shape index (κ1) is 13.4.